The Balaban J connectivity index is 1.89. The second-order valence-electron chi connectivity index (χ2n) is 5.58. The number of carbonyl (C=O) groups is 2. The molecule has 2 aromatic heterocycles. The first-order valence-corrected chi connectivity index (χ1v) is 7.62. The minimum absolute atomic E-state index is 0.215. The minimum atomic E-state index is -0.542. The van der Waals surface area contributed by atoms with Crippen LogP contribution in [0.15, 0.2) is 53.6 Å². The number of hydrogen-bond acceptors (Lipinski definition) is 4. The van der Waals surface area contributed by atoms with Gasteiger partial charge < -0.3 is 19.2 Å². The summed E-state index contributed by atoms with van der Waals surface area (Å²) < 4.78 is 7.68. The van der Waals surface area contributed by atoms with Crippen molar-refractivity contribution in [2.24, 2.45) is 7.05 Å². The van der Waals surface area contributed by atoms with Crippen LogP contribution in [0.2, 0.25) is 0 Å². The third kappa shape index (κ3) is 3.30. The molecule has 2 heterocycles. The van der Waals surface area contributed by atoms with E-state index in [1.54, 1.807) is 6.07 Å². The molecule has 0 unspecified atom stereocenters. The van der Waals surface area contributed by atoms with Crippen molar-refractivity contribution >= 4 is 28.5 Å². The Morgan fingerprint density at radius 2 is 1.96 bits per heavy atom. The summed E-state index contributed by atoms with van der Waals surface area (Å²) in [5.74, 6) is -0.834. The number of benzene rings is 1. The van der Waals surface area contributed by atoms with E-state index in [0.717, 1.165) is 10.9 Å². The molecule has 0 aliphatic rings. The molecule has 1 aromatic carbocycles. The van der Waals surface area contributed by atoms with Crippen LogP contribution in [-0.4, -0.2) is 28.1 Å². The van der Waals surface area contributed by atoms with E-state index >= 15 is 0 Å². The molecule has 1 amide bonds. The average Bonchev–Trinajstić information content (AvgIpc) is 2.99. The summed E-state index contributed by atoms with van der Waals surface area (Å²) in [7, 11) is 3.16. The maximum Gasteiger partial charge on any atom is 0.325 e. The fraction of sp³-hybridized carbons (Fsp3) is 0.167. The predicted octanol–water partition coefficient (Wildman–Crippen LogP) is 1.77. The van der Waals surface area contributed by atoms with Gasteiger partial charge in [0.15, 0.2) is 0 Å². The van der Waals surface area contributed by atoms with Gasteiger partial charge in [0.05, 0.1) is 12.8 Å². The molecule has 0 saturated heterocycles. The van der Waals surface area contributed by atoms with Crippen LogP contribution in [0.3, 0.4) is 0 Å². The Bertz CT molecular complexity index is 1020. The van der Waals surface area contributed by atoms with Crippen molar-refractivity contribution in [3.05, 3.63) is 64.7 Å². The van der Waals surface area contributed by atoms with Crippen LogP contribution in [-0.2, 0) is 23.1 Å². The zero-order valence-electron chi connectivity index (χ0n) is 13.9. The van der Waals surface area contributed by atoms with Crippen LogP contribution in [0.4, 0.5) is 5.69 Å². The number of aromatic nitrogens is 2. The fourth-order valence-electron chi connectivity index (χ4n) is 2.63. The summed E-state index contributed by atoms with van der Waals surface area (Å²) in [6.07, 6.45) is 3.31. The highest BCUT2D eigenvalue weighted by atomic mass is 16.5. The Morgan fingerprint density at radius 1 is 1.16 bits per heavy atom. The lowest BCUT2D eigenvalue weighted by atomic mass is 10.1. The third-order valence-electron chi connectivity index (χ3n) is 3.94. The van der Waals surface area contributed by atoms with Gasteiger partial charge in [-0.3, -0.25) is 14.4 Å². The number of nitrogens with zero attached hydrogens (tertiary/aromatic N) is 2. The summed E-state index contributed by atoms with van der Waals surface area (Å²) >= 11 is 0. The lowest BCUT2D eigenvalue weighted by molar-refractivity contribution is -0.141. The first kappa shape index (κ1) is 16.5. The number of pyridine rings is 1. The van der Waals surface area contributed by atoms with Crippen molar-refractivity contribution < 1.29 is 14.3 Å². The Morgan fingerprint density at radius 3 is 2.72 bits per heavy atom. The Kier molecular flexibility index (Phi) is 4.38. The van der Waals surface area contributed by atoms with Gasteiger partial charge in [0.25, 0.3) is 11.5 Å². The van der Waals surface area contributed by atoms with Gasteiger partial charge in [-0.1, -0.05) is 6.07 Å². The van der Waals surface area contributed by atoms with Crippen molar-refractivity contribution in [3.8, 4) is 0 Å². The number of fused-ring (bicyclic) bond motifs is 1. The van der Waals surface area contributed by atoms with Crippen LogP contribution in [0.25, 0.3) is 10.9 Å². The van der Waals surface area contributed by atoms with Crippen LogP contribution in [0.5, 0.6) is 0 Å². The number of nitrogens with one attached hydrogen (secondary N) is 1. The van der Waals surface area contributed by atoms with Gasteiger partial charge >= 0.3 is 5.97 Å². The molecule has 0 spiro atoms. The summed E-state index contributed by atoms with van der Waals surface area (Å²) in [5.41, 5.74) is 1.54. The van der Waals surface area contributed by atoms with Crippen molar-refractivity contribution in [1.82, 2.24) is 9.13 Å². The Labute approximate surface area is 143 Å². The van der Waals surface area contributed by atoms with E-state index in [-0.39, 0.29) is 18.0 Å². The highest BCUT2D eigenvalue weighted by Gasteiger charge is 2.13. The number of hydrogen-bond donors (Lipinski definition) is 1. The molecule has 0 saturated carbocycles. The molecule has 25 heavy (non-hydrogen) atoms. The number of rotatable bonds is 4. The van der Waals surface area contributed by atoms with Crippen molar-refractivity contribution in [3.63, 3.8) is 0 Å². The standard InChI is InChI=1S/C18H17N3O4/c1-20-9-8-13-14(4-3-5-15(13)20)18(24)19-12-6-7-16(22)21(10-12)11-17(23)25-2/h3-10H,11H2,1-2H3,(H,19,24). The SMILES string of the molecule is COC(=O)Cn1cc(NC(=O)c2cccc3c2ccn3C)ccc1=O. The molecule has 128 valence electrons. The third-order valence-corrected chi connectivity index (χ3v) is 3.94. The van der Waals surface area contributed by atoms with E-state index in [1.165, 1.54) is 30.0 Å². The van der Waals surface area contributed by atoms with E-state index in [4.69, 9.17) is 0 Å². The van der Waals surface area contributed by atoms with Crippen LogP contribution < -0.4 is 10.9 Å². The maximum atomic E-state index is 12.6. The first-order chi connectivity index (χ1) is 12.0. The fourth-order valence-corrected chi connectivity index (χ4v) is 2.63. The monoisotopic (exact) mass is 339 g/mol. The summed E-state index contributed by atoms with van der Waals surface area (Å²) in [6.45, 7) is -0.215. The second-order valence-corrected chi connectivity index (χ2v) is 5.58. The van der Waals surface area contributed by atoms with Gasteiger partial charge in [-0.05, 0) is 24.3 Å². The number of amides is 1. The molecule has 0 aliphatic heterocycles. The summed E-state index contributed by atoms with van der Waals surface area (Å²) in [6, 6.07) is 10.2. The lowest BCUT2D eigenvalue weighted by Crippen LogP contribution is -2.24. The van der Waals surface area contributed by atoms with E-state index in [2.05, 4.69) is 10.1 Å². The number of anilines is 1. The molecule has 0 atom stereocenters. The summed E-state index contributed by atoms with van der Waals surface area (Å²) in [4.78, 5) is 35.8. The van der Waals surface area contributed by atoms with Crippen LogP contribution >= 0.6 is 0 Å². The number of carbonyl (C=O) groups excluding carboxylic acids is 2. The molecule has 0 fully saturated rings. The molecule has 7 nitrogen and oxygen atoms in total. The van der Waals surface area contributed by atoms with Crippen LogP contribution in [0, 0.1) is 0 Å². The first-order valence-electron chi connectivity index (χ1n) is 7.62. The van der Waals surface area contributed by atoms with Gasteiger partial charge in [-0.25, -0.2) is 0 Å². The van der Waals surface area contributed by atoms with E-state index in [0.29, 0.717) is 11.3 Å². The topological polar surface area (TPSA) is 82.3 Å². The molecule has 0 aliphatic carbocycles. The maximum absolute atomic E-state index is 12.6. The smallest absolute Gasteiger partial charge is 0.325 e. The van der Waals surface area contributed by atoms with E-state index in [1.807, 2.05) is 36.0 Å². The summed E-state index contributed by atoms with van der Waals surface area (Å²) in [5, 5.41) is 3.60. The lowest BCUT2D eigenvalue weighted by Gasteiger charge is -2.09. The molecular weight excluding hydrogens is 322 g/mol. The highest BCUT2D eigenvalue weighted by Crippen LogP contribution is 2.20. The predicted molar refractivity (Wildman–Crippen MR) is 93.6 cm³/mol. The van der Waals surface area contributed by atoms with Crippen molar-refractivity contribution in [2.75, 3.05) is 12.4 Å². The van der Waals surface area contributed by atoms with Gasteiger partial charge in [0.2, 0.25) is 0 Å². The molecule has 3 rings (SSSR count). The molecule has 1 N–H and O–H groups in total. The molecule has 0 bridgehead atoms. The molecule has 3 aromatic rings. The van der Waals surface area contributed by atoms with Gasteiger partial charge in [-0.2, -0.15) is 0 Å². The molecular formula is C18H17N3O4. The number of esters is 1. The van der Waals surface area contributed by atoms with Crippen molar-refractivity contribution in [2.45, 2.75) is 6.54 Å². The molecule has 7 heteroatoms. The van der Waals surface area contributed by atoms with Gasteiger partial charge in [0.1, 0.15) is 6.54 Å². The average molecular weight is 339 g/mol. The number of ether oxygens (including phenoxy) is 1. The van der Waals surface area contributed by atoms with E-state index in [9.17, 15) is 14.4 Å². The van der Waals surface area contributed by atoms with E-state index < -0.39 is 5.97 Å². The Hall–Kier alpha value is -3.35. The minimum Gasteiger partial charge on any atom is -0.468 e. The van der Waals surface area contributed by atoms with Crippen LogP contribution in [0.1, 0.15) is 10.4 Å². The normalized spacial score (nSPS) is 10.6. The largest absolute Gasteiger partial charge is 0.468 e. The highest BCUT2D eigenvalue weighted by molar-refractivity contribution is 6.12. The zero-order chi connectivity index (χ0) is 18.0. The van der Waals surface area contributed by atoms with Gasteiger partial charge in [0, 0.05) is 42.0 Å². The molecule has 0 radical (unpaired) electrons. The van der Waals surface area contributed by atoms with Crippen molar-refractivity contribution in [1.29, 1.82) is 0 Å². The van der Waals surface area contributed by atoms with Gasteiger partial charge in [-0.15, -0.1) is 0 Å². The zero-order valence-corrected chi connectivity index (χ0v) is 13.9. The number of aryl methyl sites for hydroxylation is 1. The second kappa shape index (κ2) is 6.64. The quantitative estimate of drug-likeness (QED) is 0.735. The number of methoxy groups -OCH3 is 1.